The van der Waals surface area contributed by atoms with Gasteiger partial charge in [-0.3, -0.25) is 9.36 Å². The summed E-state index contributed by atoms with van der Waals surface area (Å²) in [5.74, 6) is 0.708. The van der Waals surface area contributed by atoms with Crippen molar-refractivity contribution in [1.82, 2.24) is 14.3 Å². The lowest BCUT2D eigenvalue weighted by molar-refractivity contribution is -0.117. The van der Waals surface area contributed by atoms with Gasteiger partial charge in [0.15, 0.2) is 5.76 Å². The third-order valence-corrected chi connectivity index (χ3v) is 4.15. The molecule has 1 aliphatic carbocycles. The summed E-state index contributed by atoms with van der Waals surface area (Å²) in [4.78, 5) is 24.9. The van der Waals surface area contributed by atoms with E-state index in [4.69, 9.17) is 4.42 Å². The fourth-order valence-corrected chi connectivity index (χ4v) is 2.73. The van der Waals surface area contributed by atoms with Crippen LogP contribution >= 0.6 is 0 Å². The van der Waals surface area contributed by atoms with Crippen molar-refractivity contribution in [2.24, 2.45) is 0 Å². The van der Waals surface area contributed by atoms with Crippen LogP contribution in [0.1, 0.15) is 24.4 Å². The zero-order valence-electron chi connectivity index (χ0n) is 13.8. The van der Waals surface area contributed by atoms with Crippen molar-refractivity contribution in [3.63, 3.8) is 0 Å². The highest BCUT2D eigenvalue weighted by Gasteiger charge is 2.31. The number of aryl methyl sites for hydroxylation is 1. The Bertz CT molecular complexity index is 947. The molecule has 0 atom stereocenters. The molecule has 25 heavy (non-hydrogen) atoms. The fraction of sp³-hybridized carbons (Fsp3) is 0.278. The molecule has 7 heteroatoms. The second-order valence-corrected chi connectivity index (χ2v) is 6.26. The Morgan fingerprint density at radius 1 is 1.28 bits per heavy atom. The highest BCUT2D eigenvalue weighted by atomic mass is 16.3. The lowest BCUT2D eigenvalue weighted by Gasteiger charge is -2.05. The number of anilines is 1. The van der Waals surface area contributed by atoms with Crippen molar-refractivity contribution in [2.45, 2.75) is 32.4 Å². The molecule has 0 bridgehead atoms. The molecule has 4 rings (SSSR count). The minimum atomic E-state index is -0.294. The SMILES string of the molecule is Cc1ccc(NC(=O)Cn2nc(-c3ccco3)n(C3CC3)c2=O)cc1. The molecule has 128 valence electrons. The highest BCUT2D eigenvalue weighted by molar-refractivity contribution is 5.90. The third kappa shape index (κ3) is 3.13. The number of carbonyl (C=O) groups excluding carboxylic acids is 1. The van der Waals surface area contributed by atoms with E-state index < -0.39 is 0 Å². The average molecular weight is 338 g/mol. The van der Waals surface area contributed by atoms with Crippen molar-refractivity contribution < 1.29 is 9.21 Å². The van der Waals surface area contributed by atoms with Gasteiger partial charge in [-0.2, -0.15) is 0 Å². The first-order valence-electron chi connectivity index (χ1n) is 8.21. The standard InChI is InChI=1S/C18H18N4O3/c1-12-4-6-13(7-5-12)19-16(23)11-21-18(24)22(14-8-9-14)17(20-21)15-3-2-10-25-15/h2-7,10,14H,8-9,11H2,1H3,(H,19,23). The lowest BCUT2D eigenvalue weighted by Crippen LogP contribution is -2.30. The molecule has 2 aromatic heterocycles. The predicted octanol–water partition coefficient (Wildman–Crippen LogP) is 2.59. The van der Waals surface area contributed by atoms with Crippen LogP contribution in [0.2, 0.25) is 0 Å². The molecule has 0 spiro atoms. The Kier molecular flexibility index (Phi) is 3.76. The Balaban J connectivity index is 1.58. The van der Waals surface area contributed by atoms with Crippen LogP contribution in [-0.4, -0.2) is 20.3 Å². The summed E-state index contributed by atoms with van der Waals surface area (Å²) in [6.45, 7) is 1.84. The van der Waals surface area contributed by atoms with Gasteiger partial charge in [-0.15, -0.1) is 5.10 Å². The zero-order valence-corrected chi connectivity index (χ0v) is 13.8. The van der Waals surface area contributed by atoms with Gasteiger partial charge in [0.25, 0.3) is 0 Å². The number of benzene rings is 1. The van der Waals surface area contributed by atoms with Crippen molar-refractivity contribution in [3.8, 4) is 11.6 Å². The number of amides is 1. The second-order valence-electron chi connectivity index (χ2n) is 6.26. The quantitative estimate of drug-likeness (QED) is 0.775. The molecular formula is C18H18N4O3. The van der Waals surface area contributed by atoms with Crippen LogP contribution in [0.25, 0.3) is 11.6 Å². The van der Waals surface area contributed by atoms with Crippen LogP contribution in [-0.2, 0) is 11.3 Å². The van der Waals surface area contributed by atoms with Crippen molar-refractivity contribution in [1.29, 1.82) is 0 Å². The maximum Gasteiger partial charge on any atom is 0.347 e. The molecule has 1 aliphatic rings. The number of furan rings is 1. The molecule has 1 N–H and O–H groups in total. The number of aromatic nitrogens is 3. The number of carbonyl (C=O) groups is 1. The van der Waals surface area contributed by atoms with E-state index in [9.17, 15) is 9.59 Å². The molecule has 0 radical (unpaired) electrons. The van der Waals surface area contributed by atoms with Gasteiger partial charge in [0.2, 0.25) is 11.7 Å². The van der Waals surface area contributed by atoms with Crippen LogP contribution in [0.5, 0.6) is 0 Å². The van der Waals surface area contributed by atoms with Crippen LogP contribution in [0.3, 0.4) is 0 Å². The van der Waals surface area contributed by atoms with E-state index in [2.05, 4.69) is 10.4 Å². The number of rotatable bonds is 5. The van der Waals surface area contributed by atoms with Crippen molar-refractivity contribution >= 4 is 11.6 Å². The first-order chi connectivity index (χ1) is 12.1. The average Bonchev–Trinajstić information content (AvgIpc) is 3.17. The minimum absolute atomic E-state index is 0.139. The molecule has 1 amide bonds. The monoisotopic (exact) mass is 338 g/mol. The number of nitrogens with one attached hydrogen (secondary N) is 1. The molecule has 0 unspecified atom stereocenters. The maximum atomic E-state index is 12.6. The summed E-state index contributed by atoms with van der Waals surface area (Å²) in [6, 6.07) is 11.1. The van der Waals surface area contributed by atoms with Gasteiger partial charge in [0.05, 0.1) is 6.26 Å². The molecule has 0 saturated heterocycles. The van der Waals surface area contributed by atoms with Gasteiger partial charge >= 0.3 is 5.69 Å². The normalized spacial score (nSPS) is 13.8. The Labute approximate surface area is 143 Å². The first kappa shape index (κ1) is 15.4. The summed E-state index contributed by atoms with van der Waals surface area (Å²) < 4.78 is 8.20. The predicted molar refractivity (Wildman–Crippen MR) is 92.3 cm³/mol. The van der Waals surface area contributed by atoms with E-state index in [1.165, 1.54) is 4.68 Å². The van der Waals surface area contributed by atoms with Crippen LogP contribution < -0.4 is 11.0 Å². The zero-order chi connectivity index (χ0) is 17.4. The van der Waals surface area contributed by atoms with E-state index in [0.717, 1.165) is 18.4 Å². The van der Waals surface area contributed by atoms with E-state index >= 15 is 0 Å². The Hall–Kier alpha value is -3.09. The highest BCUT2D eigenvalue weighted by Crippen LogP contribution is 2.36. The summed E-state index contributed by atoms with van der Waals surface area (Å²) in [5.41, 5.74) is 1.52. The van der Waals surface area contributed by atoms with E-state index in [-0.39, 0.29) is 24.2 Å². The van der Waals surface area contributed by atoms with Crippen LogP contribution in [0.4, 0.5) is 5.69 Å². The van der Waals surface area contributed by atoms with Gasteiger partial charge in [-0.1, -0.05) is 17.7 Å². The molecule has 1 fully saturated rings. The summed E-state index contributed by atoms with van der Waals surface area (Å²) >= 11 is 0. The Morgan fingerprint density at radius 2 is 2.04 bits per heavy atom. The first-order valence-corrected chi connectivity index (χ1v) is 8.21. The van der Waals surface area contributed by atoms with E-state index in [1.54, 1.807) is 23.0 Å². The van der Waals surface area contributed by atoms with Crippen molar-refractivity contribution in [3.05, 3.63) is 58.7 Å². The molecule has 2 heterocycles. The summed E-state index contributed by atoms with van der Waals surface area (Å²) in [7, 11) is 0. The molecule has 3 aromatic rings. The van der Waals surface area contributed by atoms with Crippen LogP contribution in [0, 0.1) is 6.92 Å². The van der Waals surface area contributed by atoms with Gasteiger partial charge in [-0.05, 0) is 44.0 Å². The summed E-state index contributed by atoms with van der Waals surface area (Å²) in [5, 5.41) is 7.10. The number of nitrogens with zero attached hydrogens (tertiary/aromatic N) is 3. The topological polar surface area (TPSA) is 82.1 Å². The van der Waals surface area contributed by atoms with Gasteiger partial charge < -0.3 is 9.73 Å². The van der Waals surface area contributed by atoms with E-state index in [0.29, 0.717) is 17.3 Å². The summed E-state index contributed by atoms with van der Waals surface area (Å²) in [6.07, 6.45) is 3.42. The number of hydrogen-bond donors (Lipinski definition) is 1. The largest absolute Gasteiger partial charge is 0.461 e. The third-order valence-electron chi connectivity index (χ3n) is 4.15. The van der Waals surface area contributed by atoms with Gasteiger partial charge in [0.1, 0.15) is 6.54 Å². The van der Waals surface area contributed by atoms with Gasteiger partial charge in [-0.25, -0.2) is 9.48 Å². The number of hydrogen-bond acceptors (Lipinski definition) is 4. The minimum Gasteiger partial charge on any atom is -0.461 e. The molecule has 7 nitrogen and oxygen atoms in total. The van der Waals surface area contributed by atoms with Crippen molar-refractivity contribution in [2.75, 3.05) is 5.32 Å². The maximum absolute atomic E-state index is 12.6. The lowest BCUT2D eigenvalue weighted by atomic mass is 10.2. The Morgan fingerprint density at radius 3 is 2.68 bits per heavy atom. The molecule has 0 aliphatic heterocycles. The van der Waals surface area contributed by atoms with E-state index in [1.807, 2.05) is 31.2 Å². The van der Waals surface area contributed by atoms with Gasteiger partial charge in [0, 0.05) is 11.7 Å². The molecule has 1 aromatic carbocycles. The van der Waals surface area contributed by atoms with Crippen LogP contribution in [0.15, 0.2) is 51.9 Å². The second kappa shape index (κ2) is 6.08. The smallest absolute Gasteiger partial charge is 0.347 e. The fourth-order valence-electron chi connectivity index (χ4n) is 2.73. The molecular weight excluding hydrogens is 320 g/mol. The molecule has 1 saturated carbocycles.